The largest absolute Gasteiger partial charge is 0.492 e. The Balaban J connectivity index is 1.15. The SMILES string of the molecule is C#C/C=C\C#C[C@H](O[C@@H]1O[C@H](C)[C@@H](NO[C@H]2C[C@H](O)[C@H](SC(=O)c3c(C)c(I)c(O[C@@H]4O[C@@H](C)[C@H](O)[C@@H](OC)[C@H]4O)c(OC)c3OC)[C@@H](C)O2)[C@H](O)[C@H]1O[C@H]1C[C@H](OC)[C@@H](NCC)CO1)C1=C(NC(=O)OC)C(=O)C[C@](C)(O)/C1=C/CSSC(C)(C)c1ccc(C(=O)O)cc1. The highest BCUT2D eigenvalue weighted by Gasteiger charge is 2.52. The number of hydrogen-bond acceptors (Lipinski definition) is 27. The fourth-order valence-corrected chi connectivity index (χ4v) is 15.8. The molecular weight excluding hydrogens is 1410 g/mol. The Bertz CT molecular complexity index is 3220. The van der Waals surface area contributed by atoms with Gasteiger partial charge in [0.25, 0.3) is 0 Å². The standard InChI is InChI=1S/C65H86IN3O23S3/c1-15-17-18-19-20-41(46-37(65(9,79)29-40(71)49(46)68-63(78)84-14)25-26-93-95-64(7,8)36-23-21-35(22-24-36)59(75)76)89-62-56(90-43-28-42(80-10)38(30-85-43)67-16-2)51(73)48(32(4)87-62)69-92-44-27-39(70)58(34(6)86-44)94-60(77)45-31(3)47(66)54(57(83-13)53(45)81-11)91-61-52(74)55(82-12)50(72)33(5)88-61/h1,17-18,21-25,32-34,38-39,41-44,48,50-52,55-56,58,61-62,67,69-70,72-74,79H,16,26-30H2,2-14H3,(H,68,78)(H,75,76)/b18-17-,37-25+/t32-,33+,34-,38+,39+,41+,42+,43+,44+,48-,50+,51+,52-,55-,56-,58-,61+,62+,65+/m1/s1. The summed E-state index contributed by atoms with van der Waals surface area (Å²) in [4.78, 5) is 59.7. The van der Waals surface area contributed by atoms with Crippen molar-refractivity contribution < 1.29 is 111 Å². The van der Waals surface area contributed by atoms with Crippen molar-refractivity contribution >= 4 is 78.9 Å². The highest BCUT2D eigenvalue weighted by molar-refractivity contribution is 14.1. The lowest BCUT2D eigenvalue weighted by Crippen LogP contribution is -2.65. The molecule has 5 aliphatic rings. The predicted octanol–water partition coefficient (Wildman–Crippen LogP) is 5.19. The van der Waals surface area contributed by atoms with Crippen molar-refractivity contribution in [2.24, 2.45) is 0 Å². The maximum atomic E-state index is 14.5. The van der Waals surface area contributed by atoms with Crippen LogP contribution >= 0.6 is 55.9 Å². The Morgan fingerprint density at radius 2 is 1.59 bits per heavy atom. The minimum Gasteiger partial charge on any atom is -0.492 e. The number of alkyl carbamates (subject to hydrolysis) is 1. The van der Waals surface area contributed by atoms with Crippen LogP contribution in [0.25, 0.3) is 0 Å². The monoisotopic (exact) mass is 1500 g/mol. The molecule has 26 nitrogen and oxygen atoms in total. The van der Waals surface area contributed by atoms with Crippen LogP contribution in [0.5, 0.6) is 17.2 Å². The summed E-state index contributed by atoms with van der Waals surface area (Å²) < 4.78 is 72.4. The fourth-order valence-electron chi connectivity index (χ4n) is 11.6. The van der Waals surface area contributed by atoms with E-state index in [-0.39, 0.29) is 76.5 Å². The molecule has 1 amide bonds. The first kappa shape index (κ1) is 77.7. The lowest BCUT2D eigenvalue weighted by molar-refractivity contribution is -0.336. The molecule has 95 heavy (non-hydrogen) atoms. The number of hydrogen-bond donors (Lipinski definition) is 9. The summed E-state index contributed by atoms with van der Waals surface area (Å²) in [6.07, 6.45) is -9.20. The van der Waals surface area contributed by atoms with E-state index in [1.165, 1.54) is 74.1 Å². The summed E-state index contributed by atoms with van der Waals surface area (Å²) in [6.45, 7) is 14.6. The minimum absolute atomic E-state index is 0.0100. The smallest absolute Gasteiger partial charge is 0.411 e. The summed E-state index contributed by atoms with van der Waals surface area (Å²) in [7, 11) is 9.59. The van der Waals surface area contributed by atoms with Crippen molar-refractivity contribution in [2.45, 2.75) is 195 Å². The van der Waals surface area contributed by atoms with Gasteiger partial charge in [-0.1, -0.05) is 76.2 Å². The van der Waals surface area contributed by atoms with Crippen LogP contribution in [-0.2, 0) is 57.0 Å². The van der Waals surface area contributed by atoms with Crippen molar-refractivity contribution in [3.05, 3.63) is 85.2 Å². The van der Waals surface area contributed by atoms with E-state index in [4.69, 9.17) is 68.1 Å². The molecule has 4 aliphatic heterocycles. The Kier molecular flexibility index (Phi) is 28.6. The van der Waals surface area contributed by atoms with E-state index < -0.39 is 143 Å². The molecule has 4 fully saturated rings. The number of terminal acetylenes is 1. The van der Waals surface area contributed by atoms with Crippen LogP contribution in [-0.4, -0.2) is 223 Å². The van der Waals surface area contributed by atoms with Gasteiger partial charge in [0.2, 0.25) is 17.2 Å². The number of Topliss-reactive ketones (excluding diaryl/α,β-unsaturated/α-hetero) is 1. The second-order valence-corrected chi connectivity index (χ2v) is 28.8. The zero-order valence-corrected chi connectivity index (χ0v) is 59.6. The molecule has 7 rings (SSSR count). The quantitative estimate of drug-likeness (QED) is 0.0203. The summed E-state index contributed by atoms with van der Waals surface area (Å²) in [5.41, 5.74) is 2.29. The first-order valence-electron chi connectivity index (χ1n) is 30.6. The number of benzene rings is 2. The van der Waals surface area contributed by atoms with Gasteiger partial charge < -0.3 is 92.8 Å². The number of halogens is 1. The molecule has 0 unspecified atom stereocenters. The number of allylic oxidation sites excluding steroid dienone is 3. The number of aliphatic hydroxyl groups is 5. The zero-order valence-electron chi connectivity index (χ0n) is 55.0. The molecule has 19 atom stereocenters. The van der Waals surface area contributed by atoms with Crippen molar-refractivity contribution in [1.29, 1.82) is 0 Å². The molecule has 0 saturated carbocycles. The number of ketones is 1. The first-order valence-corrected chi connectivity index (χ1v) is 34.8. The van der Waals surface area contributed by atoms with Crippen molar-refractivity contribution in [3.63, 3.8) is 0 Å². The van der Waals surface area contributed by atoms with Crippen LogP contribution in [0.2, 0.25) is 0 Å². The molecule has 1 aliphatic carbocycles. The van der Waals surface area contributed by atoms with Crippen LogP contribution < -0.4 is 30.3 Å². The van der Waals surface area contributed by atoms with Gasteiger partial charge in [0.05, 0.1) is 102 Å². The van der Waals surface area contributed by atoms with Gasteiger partial charge in [-0.25, -0.2) is 9.59 Å². The zero-order chi connectivity index (χ0) is 69.8. The average molecular weight is 1500 g/mol. The number of hydroxylamine groups is 1. The predicted molar refractivity (Wildman–Crippen MR) is 359 cm³/mol. The summed E-state index contributed by atoms with van der Waals surface area (Å²) in [6, 6.07) is 5.17. The van der Waals surface area contributed by atoms with Gasteiger partial charge >= 0.3 is 12.1 Å². The molecular formula is C65H86IN3O23S3. The molecule has 0 bridgehead atoms. The van der Waals surface area contributed by atoms with Crippen LogP contribution in [0.15, 0.2) is 59.3 Å². The Hall–Kier alpha value is -4.60. The van der Waals surface area contributed by atoms with Crippen LogP contribution in [0.3, 0.4) is 0 Å². The van der Waals surface area contributed by atoms with Gasteiger partial charge in [-0.3, -0.25) is 19.7 Å². The number of aromatic carboxylic acids is 1. The molecule has 0 spiro atoms. The third kappa shape index (κ3) is 18.6. The van der Waals surface area contributed by atoms with Gasteiger partial charge in [0.15, 0.2) is 36.2 Å². The third-order valence-corrected chi connectivity index (χ3v) is 22.5. The lowest BCUT2D eigenvalue weighted by atomic mass is 9.76. The van der Waals surface area contributed by atoms with Gasteiger partial charge in [0.1, 0.15) is 36.6 Å². The van der Waals surface area contributed by atoms with Gasteiger partial charge in [0, 0.05) is 49.6 Å². The number of carboxylic acid groups (broad SMARTS) is 1. The first-order chi connectivity index (χ1) is 45.1. The number of amides is 1. The van der Waals surface area contributed by atoms with Gasteiger partial charge in [-0.15, -0.1) is 6.42 Å². The van der Waals surface area contributed by atoms with E-state index in [9.17, 15) is 49.8 Å². The Morgan fingerprint density at radius 3 is 2.21 bits per heavy atom. The highest BCUT2D eigenvalue weighted by Crippen LogP contribution is 2.50. The maximum Gasteiger partial charge on any atom is 0.411 e. The highest BCUT2D eigenvalue weighted by atomic mass is 127. The number of carbonyl (C=O) groups excluding carboxylic acids is 3. The number of ether oxygens (including phenoxy) is 12. The van der Waals surface area contributed by atoms with E-state index >= 15 is 0 Å². The normalized spacial score (nSPS) is 32.0. The number of aliphatic hydroxyl groups excluding tert-OH is 4. The maximum absolute atomic E-state index is 14.5. The summed E-state index contributed by atoms with van der Waals surface area (Å²) in [5, 5.41) is 72.5. The van der Waals surface area contributed by atoms with E-state index in [1.54, 1.807) is 53.0 Å². The van der Waals surface area contributed by atoms with E-state index in [2.05, 4.69) is 33.9 Å². The summed E-state index contributed by atoms with van der Waals surface area (Å²) >= 11 is 2.80. The van der Waals surface area contributed by atoms with Crippen LogP contribution in [0.4, 0.5) is 4.79 Å². The van der Waals surface area contributed by atoms with E-state index in [1.807, 2.05) is 43.4 Å². The average Bonchev–Trinajstić information content (AvgIpc) is 0.773. The van der Waals surface area contributed by atoms with Crippen molar-refractivity contribution in [3.8, 4) is 41.4 Å². The van der Waals surface area contributed by atoms with Gasteiger partial charge in [-0.2, -0.15) is 5.48 Å². The third-order valence-electron chi connectivity index (χ3n) is 16.7. The van der Waals surface area contributed by atoms with E-state index in [0.29, 0.717) is 15.7 Å². The number of carboxylic acids is 1. The van der Waals surface area contributed by atoms with Crippen molar-refractivity contribution in [1.82, 2.24) is 16.1 Å². The molecule has 2 aromatic rings. The summed E-state index contributed by atoms with van der Waals surface area (Å²) in [5.74, 6) is 6.79. The topological polar surface area (TPSA) is 346 Å². The Morgan fingerprint density at radius 1 is 0.895 bits per heavy atom. The van der Waals surface area contributed by atoms with Crippen LogP contribution in [0, 0.1) is 34.7 Å². The minimum atomic E-state index is -1.89. The number of likely N-dealkylation sites (N-methyl/N-ethyl adjacent to an activating group) is 1. The lowest BCUT2D eigenvalue weighted by Gasteiger charge is -2.46. The molecule has 2 aromatic carbocycles. The molecule has 524 valence electrons. The van der Waals surface area contributed by atoms with Crippen LogP contribution in [0.1, 0.15) is 99.6 Å². The fraction of sp³-hybridized carbons (Fsp3) is 0.600. The second kappa shape index (κ2) is 34.9. The number of carbonyl (C=O) groups is 4. The molecule has 0 aromatic heterocycles. The molecule has 4 saturated heterocycles. The number of rotatable bonds is 25. The molecule has 4 heterocycles. The number of nitrogens with one attached hydrogen (secondary N) is 3. The Labute approximate surface area is 578 Å². The van der Waals surface area contributed by atoms with Gasteiger partial charge in [-0.05, 0) is 119 Å². The van der Waals surface area contributed by atoms with Crippen molar-refractivity contribution in [2.75, 3.05) is 54.5 Å². The number of methoxy groups -OCH3 is 5. The second-order valence-electron chi connectivity index (χ2n) is 23.6. The molecule has 0 radical (unpaired) electrons. The number of thioether (sulfide) groups is 1. The molecule has 30 heteroatoms. The van der Waals surface area contributed by atoms with E-state index in [0.717, 1.165) is 24.4 Å². The molecule has 9 N–H and O–H groups in total.